The lowest BCUT2D eigenvalue weighted by atomic mass is 10.0. The van der Waals surface area contributed by atoms with Gasteiger partial charge in [0.25, 0.3) is 0 Å². The van der Waals surface area contributed by atoms with Crippen LogP contribution in [-0.2, 0) is 4.74 Å². The fraction of sp³-hybridized carbons (Fsp3) is 0.316. The van der Waals surface area contributed by atoms with E-state index in [0.717, 1.165) is 37.4 Å². The van der Waals surface area contributed by atoms with Gasteiger partial charge in [-0.2, -0.15) is 5.26 Å². The van der Waals surface area contributed by atoms with Gasteiger partial charge < -0.3 is 15.0 Å². The zero-order valence-corrected chi connectivity index (χ0v) is 14.1. The first-order valence-electron chi connectivity index (χ1n) is 8.26. The molecule has 0 bridgehead atoms. The molecular weight excluding hydrogens is 316 g/mol. The van der Waals surface area contributed by atoms with Crippen molar-refractivity contribution in [3.63, 3.8) is 0 Å². The van der Waals surface area contributed by atoms with Crippen LogP contribution in [0.25, 0.3) is 0 Å². The van der Waals surface area contributed by atoms with Crippen molar-refractivity contribution in [1.29, 1.82) is 5.26 Å². The maximum Gasteiger partial charge on any atom is 0.337 e. The first-order valence-corrected chi connectivity index (χ1v) is 8.26. The standard InChI is InChI=1S/C19H20N4O2/c1-25-19(24)14-4-2-6-17(12-14)22-16-7-10-23(11-8-16)18-15(13-20)5-3-9-21-18/h2-6,9,12,16,22H,7-8,10-11H2,1H3. The fourth-order valence-corrected chi connectivity index (χ4v) is 3.06. The number of esters is 1. The van der Waals surface area contributed by atoms with E-state index in [0.29, 0.717) is 17.2 Å². The summed E-state index contributed by atoms with van der Waals surface area (Å²) in [5.41, 5.74) is 2.06. The van der Waals surface area contributed by atoms with Crippen molar-refractivity contribution in [3.8, 4) is 6.07 Å². The van der Waals surface area contributed by atoms with E-state index < -0.39 is 0 Å². The minimum absolute atomic E-state index is 0.318. The van der Waals surface area contributed by atoms with E-state index in [9.17, 15) is 10.1 Å². The van der Waals surface area contributed by atoms with Crippen molar-refractivity contribution in [3.05, 3.63) is 53.7 Å². The molecule has 0 amide bonds. The van der Waals surface area contributed by atoms with Crippen LogP contribution in [0.4, 0.5) is 11.5 Å². The molecule has 2 aromatic rings. The summed E-state index contributed by atoms with van der Waals surface area (Å²) in [5, 5.41) is 12.7. The molecule has 3 rings (SSSR count). The monoisotopic (exact) mass is 336 g/mol. The molecule has 1 aliphatic rings. The summed E-state index contributed by atoms with van der Waals surface area (Å²) in [5.74, 6) is 0.425. The molecule has 1 fully saturated rings. The second-order valence-corrected chi connectivity index (χ2v) is 5.96. The Kier molecular flexibility index (Phi) is 5.14. The fourth-order valence-electron chi connectivity index (χ4n) is 3.06. The van der Waals surface area contributed by atoms with Gasteiger partial charge in [-0.25, -0.2) is 9.78 Å². The maximum absolute atomic E-state index is 11.6. The third-order valence-electron chi connectivity index (χ3n) is 4.36. The topological polar surface area (TPSA) is 78.2 Å². The molecule has 1 saturated heterocycles. The molecule has 0 aliphatic carbocycles. The number of piperidine rings is 1. The Morgan fingerprint density at radius 2 is 2.12 bits per heavy atom. The highest BCUT2D eigenvalue weighted by Gasteiger charge is 2.22. The third kappa shape index (κ3) is 3.89. The molecule has 1 N–H and O–H groups in total. The van der Waals surface area contributed by atoms with E-state index in [2.05, 4.69) is 21.3 Å². The molecule has 6 heteroatoms. The number of hydrogen-bond acceptors (Lipinski definition) is 6. The summed E-state index contributed by atoms with van der Waals surface area (Å²) < 4.78 is 4.76. The number of benzene rings is 1. The van der Waals surface area contributed by atoms with E-state index in [1.54, 1.807) is 24.4 Å². The lowest BCUT2D eigenvalue weighted by molar-refractivity contribution is 0.0601. The Balaban J connectivity index is 1.62. The van der Waals surface area contributed by atoms with Gasteiger partial charge in [0.1, 0.15) is 11.9 Å². The van der Waals surface area contributed by atoms with Gasteiger partial charge in [0.15, 0.2) is 0 Å². The van der Waals surface area contributed by atoms with Crippen molar-refractivity contribution in [2.45, 2.75) is 18.9 Å². The molecule has 128 valence electrons. The number of pyridine rings is 1. The number of methoxy groups -OCH3 is 1. The van der Waals surface area contributed by atoms with Gasteiger partial charge in [-0.3, -0.25) is 0 Å². The number of carbonyl (C=O) groups excluding carboxylic acids is 1. The van der Waals surface area contributed by atoms with Crippen LogP contribution in [-0.4, -0.2) is 37.2 Å². The number of nitriles is 1. The molecule has 1 aliphatic heterocycles. The van der Waals surface area contributed by atoms with Crippen LogP contribution in [0.3, 0.4) is 0 Å². The molecule has 0 saturated carbocycles. The normalized spacial score (nSPS) is 14.6. The number of hydrogen-bond donors (Lipinski definition) is 1. The Morgan fingerprint density at radius 3 is 2.84 bits per heavy atom. The van der Waals surface area contributed by atoms with Crippen LogP contribution >= 0.6 is 0 Å². The molecule has 2 heterocycles. The number of nitrogens with zero attached hydrogens (tertiary/aromatic N) is 3. The van der Waals surface area contributed by atoms with E-state index in [1.807, 2.05) is 18.2 Å². The van der Waals surface area contributed by atoms with Crippen LogP contribution in [0.15, 0.2) is 42.6 Å². The molecule has 1 aromatic heterocycles. The molecule has 1 aromatic carbocycles. The molecule has 0 spiro atoms. The van der Waals surface area contributed by atoms with Crippen molar-refractivity contribution in [2.75, 3.05) is 30.4 Å². The highest BCUT2D eigenvalue weighted by molar-refractivity contribution is 5.90. The number of anilines is 2. The Bertz CT molecular complexity index is 792. The first-order chi connectivity index (χ1) is 12.2. The van der Waals surface area contributed by atoms with Gasteiger partial charge >= 0.3 is 5.97 Å². The van der Waals surface area contributed by atoms with Crippen molar-refractivity contribution < 1.29 is 9.53 Å². The SMILES string of the molecule is COC(=O)c1cccc(NC2CCN(c3ncccc3C#N)CC2)c1. The van der Waals surface area contributed by atoms with Gasteiger partial charge in [-0.1, -0.05) is 6.07 Å². The second-order valence-electron chi connectivity index (χ2n) is 5.96. The summed E-state index contributed by atoms with van der Waals surface area (Å²) >= 11 is 0. The number of nitrogens with one attached hydrogen (secondary N) is 1. The minimum Gasteiger partial charge on any atom is -0.465 e. The highest BCUT2D eigenvalue weighted by Crippen LogP contribution is 2.23. The summed E-state index contributed by atoms with van der Waals surface area (Å²) in [4.78, 5) is 18.1. The zero-order valence-electron chi connectivity index (χ0n) is 14.1. The van der Waals surface area contributed by atoms with E-state index in [1.165, 1.54) is 7.11 Å². The van der Waals surface area contributed by atoms with E-state index in [4.69, 9.17) is 4.74 Å². The van der Waals surface area contributed by atoms with Crippen LogP contribution < -0.4 is 10.2 Å². The second kappa shape index (κ2) is 7.67. The summed E-state index contributed by atoms with van der Waals surface area (Å²) in [6, 6.07) is 13.4. The quantitative estimate of drug-likeness (QED) is 0.865. The average Bonchev–Trinajstić information content (AvgIpc) is 2.68. The molecule has 0 unspecified atom stereocenters. The van der Waals surface area contributed by atoms with Gasteiger partial charge in [0, 0.05) is 31.0 Å². The maximum atomic E-state index is 11.6. The largest absolute Gasteiger partial charge is 0.465 e. The lowest BCUT2D eigenvalue weighted by Gasteiger charge is -2.34. The molecule has 0 radical (unpaired) electrons. The van der Waals surface area contributed by atoms with E-state index >= 15 is 0 Å². The highest BCUT2D eigenvalue weighted by atomic mass is 16.5. The zero-order chi connectivity index (χ0) is 17.6. The average molecular weight is 336 g/mol. The molecule has 6 nitrogen and oxygen atoms in total. The van der Waals surface area contributed by atoms with Crippen LogP contribution in [0.1, 0.15) is 28.8 Å². The van der Waals surface area contributed by atoms with Gasteiger partial charge in [-0.05, 0) is 43.2 Å². The Labute approximate surface area is 147 Å². The van der Waals surface area contributed by atoms with Crippen molar-refractivity contribution in [2.24, 2.45) is 0 Å². The predicted octanol–water partition coefficient (Wildman–Crippen LogP) is 2.82. The number of rotatable bonds is 4. The summed E-state index contributed by atoms with van der Waals surface area (Å²) in [6.45, 7) is 1.67. The van der Waals surface area contributed by atoms with Crippen LogP contribution in [0.2, 0.25) is 0 Å². The lowest BCUT2D eigenvalue weighted by Crippen LogP contribution is -2.39. The van der Waals surface area contributed by atoms with Gasteiger partial charge in [0.05, 0.1) is 18.2 Å². The molecular formula is C19H20N4O2. The van der Waals surface area contributed by atoms with E-state index in [-0.39, 0.29) is 5.97 Å². The number of ether oxygens (including phenoxy) is 1. The van der Waals surface area contributed by atoms with Gasteiger partial charge in [0.2, 0.25) is 0 Å². The van der Waals surface area contributed by atoms with Crippen LogP contribution in [0.5, 0.6) is 0 Å². The van der Waals surface area contributed by atoms with Crippen molar-refractivity contribution >= 4 is 17.5 Å². The minimum atomic E-state index is -0.336. The summed E-state index contributed by atoms with van der Waals surface area (Å²) in [7, 11) is 1.38. The third-order valence-corrected chi connectivity index (χ3v) is 4.36. The molecule has 25 heavy (non-hydrogen) atoms. The first kappa shape index (κ1) is 16.8. The van der Waals surface area contributed by atoms with Crippen LogP contribution in [0, 0.1) is 11.3 Å². The summed E-state index contributed by atoms with van der Waals surface area (Å²) in [6.07, 6.45) is 3.59. The Hall–Kier alpha value is -3.07. The molecule has 0 atom stereocenters. The number of aromatic nitrogens is 1. The van der Waals surface area contributed by atoms with Crippen molar-refractivity contribution in [1.82, 2.24) is 4.98 Å². The smallest absolute Gasteiger partial charge is 0.337 e. The predicted molar refractivity (Wildman–Crippen MR) is 95.6 cm³/mol. The van der Waals surface area contributed by atoms with Gasteiger partial charge in [-0.15, -0.1) is 0 Å². The Morgan fingerprint density at radius 1 is 1.32 bits per heavy atom. The number of carbonyl (C=O) groups is 1.